The zero-order valence-corrected chi connectivity index (χ0v) is 10.3. The molecule has 1 aromatic rings. The van der Waals surface area contributed by atoms with Crippen LogP contribution in [0.1, 0.15) is 30.6 Å². The van der Waals surface area contributed by atoms with Gasteiger partial charge in [0.05, 0.1) is 5.56 Å². The van der Waals surface area contributed by atoms with E-state index >= 15 is 0 Å². The topological polar surface area (TPSA) is 66.4 Å². The van der Waals surface area contributed by atoms with Crippen molar-refractivity contribution in [3.63, 3.8) is 0 Å². The van der Waals surface area contributed by atoms with Gasteiger partial charge in [0.2, 0.25) is 0 Å². The van der Waals surface area contributed by atoms with E-state index < -0.39 is 23.7 Å². The molecule has 0 aliphatic carbocycles. The highest BCUT2D eigenvalue weighted by atomic mass is 19.1. The van der Waals surface area contributed by atoms with Crippen LogP contribution in [0, 0.1) is 11.7 Å². The van der Waals surface area contributed by atoms with E-state index in [-0.39, 0.29) is 11.5 Å². The number of carbonyl (C=O) groups is 2. The molecule has 0 radical (unpaired) electrons. The van der Waals surface area contributed by atoms with Crippen LogP contribution in [0.4, 0.5) is 4.39 Å². The Labute approximate surface area is 105 Å². The second-order valence-corrected chi connectivity index (χ2v) is 4.15. The van der Waals surface area contributed by atoms with E-state index in [1.807, 2.05) is 6.92 Å². The number of halogens is 1. The summed E-state index contributed by atoms with van der Waals surface area (Å²) in [5, 5.41) is 11.4. The zero-order chi connectivity index (χ0) is 13.7. The van der Waals surface area contributed by atoms with Crippen molar-refractivity contribution in [3.05, 3.63) is 35.6 Å². The van der Waals surface area contributed by atoms with Gasteiger partial charge in [-0.05, 0) is 18.1 Å². The van der Waals surface area contributed by atoms with Gasteiger partial charge in [0.1, 0.15) is 11.9 Å². The molecule has 2 N–H and O–H groups in total. The van der Waals surface area contributed by atoms with E-state index in [4.69, 9.17) is 5.11 Å². The molecule has 0 aliphatic heterocycles. The molecule has 0 spiro atoms. The molecule has 18 heavy (non-hydrogen) atoms. The second-order valence-electron chi connectivity index (χ2n) is 4.15. The lowest BCUT2D eigenvalue weighted by atomic mass is 9.99. The summed E-state index contributed by atoms with van der Waals surface area (Å²) < 4.78 is 13.4. The van der Waals surface area contributed by atoms with Crippen molar-refractivity contribution in [1.29, 1.82) is 0 Å². The number of hydrogen-bond acceptors (Lipinski definition) is 2. The van der Waals surface area contributed by atoms with Gasteiger partial charge < -0.3 is 10.4 Å². The summed E-state index contributed by atoms with van der Waals surface area (Å²) in [6.45, 7) is 3.55. The number of carboxylic acids is 1. The van der Waals surface area contributed by atoms with Crippen LogP contribution in [0.25, 0.3) is 0 Å². The number of carbonyl (C=O) groups excluding carboxylic acids is 1. The van der Waals surface area contributed by atoms with E-state index in [0.717, 1.165) is 6.07 Å². The van der Waals surface area contributed by atoms with Crippen molar-refractivity contribution >= 4 is 11.9 Å². The van der Waals surface area contributed by atoms with Crippen LogP contribution in [0.2, 0.25) is 0 Å². The number of rotatable bonds is 5. The third-order valence-electron chi connectivity index (χ3n) is 2.88. The molecule has 2 atom stereocenters. The van der Waals surface area contributed by atoms with Gasteiger partial charge in [0, 0.05) is 0 Å². The number of carboxylic acid groups (broad SMARTS) is 1. The lowest BCUT2D eigenvalue weighted by Crippen LogP contribution is -2.45. The van der Waals surface area contributed by atoms with Gasteiger partial charge in [0.25, 0.3) is 5.91 Å². The highest BCUT2D eigenvalue weighted by Gasteiger charge is 2.26. The molecule has 0 saturated carbocycles. The Bertz CT molecular complexity index is 448. The normalized spacial score (nSPS) is 13.7. The standard InChI is InChI=1S/C13H16FNO3/c1-3-8(2)11(13(17)18)15-12(16)9-6-4-5-7-10(9)14/h4-8,11H,3H2,1-2H3,(H,15,16)(H,17,18)/t8?,11-/m0/s1. The fourth-order valence-corrected chi connectivity index (χ4v) is 1.55. The smallest absolute Gasteiger partial charge is 0.326 e. The van der Waals surface area contributed by atoms with Crippen LogP contribution >= 0.6 is 0 Å². The van der Waals surface area contributed by atoms with Crippen molar-refractivity contribution in [3.8, 4) is 0 Å². The summed E-state index contributed by atoms with van der Waals surface area (Å²) in [7, 11) is 0. The largest absolute Gasteiger partial charge is 0.480 e. The minimum Gasteiger partial charge on any atom is -0.480 e. The Hall–Kier alpha value is -1.91. The lowest BCUT2D eigenvalue weighted by Gasteiger charge is -2.20. The lowest BCUT2D eigenvalue weighted by molar-refractivity contribution is -0.140. The molecule has 4 nitrogen and oxygen atoms in total. The van der Waals surface area contributed by atoms with Crippen LogP contribution in [0.15, 0.2) is 24.3 Å². The van der Waals surface area contributed by atoms with Gasteiger partial charge in [-0.15, -0.1) is 0 Å². The van der Waals surface area contributed by atoms with Crippen LogP contribution in [0.3, 0.4) is 0 Å². The van der Waals surface area contributed by atoms with E-state index in [1.165, 1.54) is 18.2 Å². The molecule has 98 valence electrons. The molecular weight excluding hydrogens is 237 g/mol. The van der Waals surface area contributed by atoms with Crippen LogP contribution in [-0.2, 0) is 4.79 Å². The third kappa shape index (κ3) is 3.29. The number of aliphatic carboxylic acids is 1. The minimum atomic E-state index is -1.12. The minimum absolute atomic E-state index is 0.146. The summed E-state index contributed by atoms with van der Waals surface area (Å²) in [5.74, 6) is -2.71. The first-order valence-electron chi connectivity index (χ1n) is 5.75. The van der Waals surface area contributed by atoms with Crippen molar-refractivity contribution in [2.75, 3.05) is 0 Å². The average molecular weight is 253 g/mol. The summed E-state index contributed by atoms with van der Waals surface area (Å²) in [6.07, 6.45) is 0.606. The van der Waals surface area contributed by atoms with Gasteiger partial charge in [-0.25, -0.2) is 9.18 Å². The summed E-state index contributed by atoms with van der Waals surface area (Å²) in [4.78, 5) is 22.8. The van der Waals surface area contributed by atoms with Gasteiger partial charge in [-0.3, -0.25) is 4.79 Å². The van der Waals surface area contributed by atoms with Crippen LogP contribution < -0.4 is 5.32 Å². The number of amides is 1. The van der Waals surface area contributed by atoms with Gasteiger partial charge in [0.15, 0.2) is 0 Å². The molecule has 0 heterocycles. The first-order chi connectivity index (χ1) is 8.47. The number of benzene rings is 1. The van der Waals surface area contributed by atoms with E-state index in [9.17, 15) is 14.0 Å². The van der Waals surface area contributed by atoms with Gasteiger partial charge in [-0.1, -0.05) is 32.4 Å². The monoisotopic (exact) mass is 253 g/mol. The Morgan fingerprint density at radius 1 is 1.39 bits per heavy atom. The van der Waals surface area contributed by atoms with Crippen molar-refractivity contribution in [2.45, 2.75) is 26.3 Å². The van der Waals surface area contributed by atoms with Gasteiger partial charge >= 0.3 is 5.97 Å². The highest BCUT2D eigenvalue weighted by molar-refractivity contribution is 5.96. The molecule has 1 aromatic carbocycles. The van der Waals surface area contributed by atoms with E-state index in [2.05, 4.69) is 5.32 Å². The first-order valence-corrected chi connectivity index (χ1v) is 5.75. The van der Waals surface area contributed by atoms with Crippen LogP contribution in [0.5, 0.6) is 0 Å². The Morgan fingerprint density at radius 3 is 2.50 bits per heavy atom. The Balaban J connectivity index is 2.86. The molecule has 1 unspecified atom stereocenters. The maximum absolute atomic E-state index is 13.4. The second kappa shape index (κ2) is 6.14. The fourth-order valence-electron chi connectivity index (χ4n) is 1.55. The summed E-state index contributed by atoms with van der Waals surface area (Å²) in [6, 6.07) is 4.46. The van der Waals surface area contributed by atoms with Crippen molar-refractivity contribution < 1.29 is 19.1 Å². The van der Waals surface area contributed by atoms with Gasteiger partial charge in [-0.2, -0.15) is 0 Å². The Morgan fingerprint density at radius 2 is 2.00 bits per heavy atom. The van der Waals surface area contributed by atoms with E-state index in [0.29, 0.717) is 6.42 Å². The molecule has 1 amide bonds. The molecule has 1 rings (SSSR count). The molecule has 0 aromatic heterocycles. The molecule has 5 heteroatoms. The predicted octanol–water partition coefficient (Wildman–Crippen LogP) is 2.05. The molecule has 0 aliphatic rings. The number of hydrogen-bond donors (Lipinski definition) is 2. The molecular formula is C13H16FNO3. The Kier molecular flexibility index (Phi) is 4.83. The SMILES string of the molecule is CCC(C)[C@H](NC(=O)c1ccccc1F)C(=O)O. The van der Waals surface area contributed by atoms with Crippen molar-refractivity contribution in [1.82, 2.24) is 5.32 Å². The third-order valence-corrected chi connectivity index (χ3v) is 2.88. The molecule has 0 fully saturated rings. The summed E-state index contributed by atoms with van der Waals surface area (Å²) >= 11 is 0. The zero-order valence-electron chi connectivity index (χ0n) is 10.3. The molecule has 0 bridgehead atoms. The summed E-state index contributed by atoms with van der Waals surface area (Å²) in [5.41, 5.74) is -0.146. The van der Waals surface area contributed by atoms with E-state index in [1.54, 1.807) is 6.92 Å². The molecule has 0 saturated heterocycles. The first kappa shape index (κ1) is 14.2. The number of nitrogens with one attached hydrogen (secondary N) is 1. The maximum Gasteiger partial charge on any atom is 0.326 e. The quantitative estimate of drug-likeness (QED) is 0.844. The highest BCUT2D eigenvalue weighted by Crippen LogP contribution is 2.11. The fraction of sp³-hybridized carbons (Fsp3) is 0.385. The average Bonchev–Trinajstić information content (AvgIpc) is 2.35. The van der Waals surface area contributed by atoms with Crippen molar-refractivity contribution in [2.24, 2.45) is 5.92 Å². The van der Waals surface area contributed by atoms with Crippen LogP contribution in [-0.4, -0.2) is 23.0 Å². The predicted molar refractivity (Wildman–Crippen MR) is 64.7 cm³/mol. The maximum atomic E-state index is 13.4.